The first-order valence-corrected chi connectivity index (χ1v) is 10.2. The molecular weight excluding hydrogens is 429 g/mol. The van der Waals surface area contributed by atoms with Crippen molar-refractivity contribution < 1.29 is 28.1 Å². The molecule has 3 rings (SSSR count). The van der Waals surface area contributed by atoms with E-state index >= 15 is 0 Å². The number of hydrogen-bond donors (Lipinski definition) is 1. The van der Waals surface area contributed by atoms with Crippen molar-refractivity contribution in [3.05, 3.63) is 64.6 Å². The van der Waals surface area contributed by atoms with Gasteiger partial charge in [0.2, 0.25) is 5.75 Å². The fourth-order valence-corrected chi connectivity index (χ4v) is 3.70. The Bertz CT molecular complexity index is 1070. The first-order chi connectivity index (χ1) is 15.8. The summed E-state index contributed by atoms with van der Waals surface area (Å²) in [5.41, 5.74) is 2.45. The van der Waals surface area contributed by atoms with E-state index in [9.17, 15) is 9.18 Å². The molecule has 0 bridgehead atoms. The van der Waals surface area contributed by atoms with Crippen LogP contribution in [-0.2, 0) is 16.1 Å². The number of rotatable bonds is 7. The molecule has 1 N–H and O–H groups in total. The molecule has 33 heavy (non-hydrogen) atoms. The maximum absolute atomic E-state index is 13.9. The number of benzene rings is 2. The first kappa shape index (κ1) is 23.9. The van der Waals surface area contributed by atoms with Gasteiger partial charge in [-0.05, 0) is 42.3 Å². The van der Waals surface area contributed by atoms with Crippen molar-refractivity contribution in [3.8, 4) is 17.2 Å². The van der Waals surface area contributed by atoms with Crippen LogP contribution in [0.1, 0.15) is 24.1 Å². The van der Waals surface area contributed by atoms with Crippen molar-refractivity contribution in [1.82, 2.24) is 10.2 Å². The van der Waals surface area contributed by atoms with Gasteiger partial charge in [0.05, 0.1) is 46.6 Å². The third-order valence-electron chi connectivity index (χ3n) is 5.50. The SMILES string of the molecule is COC(=O)C1=C(C)N(C)C(=NCc2cc(OC)c(OC)c(OC)c2)NC1c1cccc(F)c1. The minimum atomic E-state index is -0.622. The Morgan fingerprint density at radius 2 is 1.76 bits per heavy atom. The van der Waals surface area contributed by atoms with Gasteiger partial charge in [-0.15, -0.1) is 0 Å². The van der Waals surface area contributed by atoms with Gasteiger partial charge in [-0.3, -0.25) is 0 Å². The Morgan fingerprint density at radius 3 is 2.30 bits per heavy atom. The molecule has 0 saturated heterocycles. The lowest BCUT2D eigenvalue weighted by molar-refractivity contribution is -0.136. The van der Waals surface area contributed by atoms with E-state index in [1.165, 1.54) is 19.2 Å². The van der Waals surface area contributed by atoms with Crippen LogP contribution in [0.15, 0.2) is 52.7 Å². The second kappa shape index (κ2) is 10.2. The Hall–Kier alpha value is -3.75. The maximum Gasteiger partial charge on any atom is 0.337 e. The fraction of sp³-hybridized carbons (Fsp3) is 0.333. The highest BCUT2D eigenvalue weighted by atomic mass is 19.1. The third kappa shape index (κ3) is 4.87. The summed E-state index contributed by atoms with van der Waals surface area (Å²) in [5, 5.41) is 3.26. The van der Waals surface area contributed by atoms with Crippen molar-refractivity contribution in [3.63, 3.8) is 0 Å². The fourth-order valence-electron chi connectivity index (χ4n) is 3.70. The topological polar surface area (TPSA) is 81.6 Å². The molecule has 2 aromatic rings. The predicted octanol–water partition coefficient (Wildman–Crippen LogP) is 3.43. The van der Waals surface area contributed by atoms with Gasteiger partial charge in [-0.25, -0.2) is 14.2 Å². The van der Waals surface area contributed by atoms with Crippen LogP contribution in [0.25, 0.3) is 0 Å². The van der Waals surface area contributed by atoms with Crippen LogP contribution in [0.4, 0.5) is 4.39 Å². The summed E-state index contributed by atoms with van der Waals surface area (Å²) in [7, 11) is 7.76. The van der Waals surface area contributed by atoms with Gasteiger partial charge >= 0.3 is 5.97 Å². The number of nitrogens with zero attached hydrogens (tertiary/aromatic N) is 2. The number of methoxy groups -OCH3 is 4. The summed E-state index contributed by atoms with van der Waals surface area (Å²) in [6, 6.07) is 9.10. The van der Waals surface area contributed by atoms with Crippen LogP contribution in [0.5, 0.6) is 17.2 Å². The van der Waals surface area contributed by atoms with Gasteiger partial charge in [-0.2, -0.15) is 0 Å². The first-order valence-electron chi connectivity index (χ1n) is 10.2. The quantitative estimate of drug-likeness (QED) is 0.638. The summed E-state index contributed by atoms with van der Waals surface area (Å²) in [4.78, 5) is 19.0. The normalized spacial score (nSPS) is 17.0. The molecule has 1 atom stereocenters. The summed E-state index contributed by atoms with van der Waals surface area (Å²) in [6.07, 6.45) is 0. The van der Waals surface area contributed by atoms with Crippen LogP contribution in [-0.4, -0.2) is 52.3 Å². The van der Waals surface area contributed by atoms with E-state index in [2.05, 4.69) is 5.32 Å². The predicted molar refractivity (Wildman–Crippen MR) is 122 cm³/mol. The van der Waals surface area contributed by atoms with Gasteiger partial charge in [0.1, 0.15) is 5.82 Å². The molecule has 0 aromatic heterocycles. The maximum atomic E-state index is 13.9. The molecule has 0 fully saturated rings. The number of ether oxygens (including phenoxy) is 4. The highest BCUT2D eigenvalue weighted by Crippen LogP contribution is 2.38. The lowest BCUT2D eigenvalue weighted by Crippen LogP contribution is -2.47. The molecule has 1 aliphatic rings. The van der Waals surface area contributed by atoms with E-state index < -0.39 is 17.8 Å². The van der Waals surface area contributed by atoms with E-state index in [4.69, 9.17) is 23.9 Å². The second-order valence-corrected chi connectivity index (χ2v) is 7.36. The number of carbonyl (C=O) groups excluding carboxylic acids is 1. The largest absolute Gasteiger partial charge is 0.493 e. The lowest BCUT2D eigenvalue weighted by atomic mass is 9.95. The number of halogens is 1. The van der Waals surface area contributed by atoms with Gasteiger partial charge in [-0.1, -0.05) is 12.1 Å². The second-order valence-electron chi connectivity index (χ2n) is 7.36. The molecule has 0 saturated carbocycles. The van der Waals surface area contributed by atoms with Crippen molar-refractivity contribution in [2.45, 2.75) is 19.5 Å². The van der Waals surface area contributed by atoms with Gasteiger partial charge < -0.3 is 29.2 Å². The Kier molecular flexibility index (Phi) is 7.42. The number of esters is 1. The smallest absolute Gasteiger partial charge is 0.337 e. The Balaban J connectivity index is 2.00. The third-order valence-corrected chi connectivity index (χ3v) is 5.50. The van der Waals surface area contributed by atoms with Crippen molar-refractivity contribution in [1.29, 1.82) is 0 Å². The van der Waals surface area contributed by atoms with Crippen LogP contribution in [0.3, 0.4) is 0 Å². The zero-order valence-electron chi connectivity index (χ0n) is 19.6. The number of allylic oxidation sites excluding steroid dienone is 1. The molecule has 8 nitrogen and oxygen atoms in total. The molecule has 1 unspecified atom stereocenters. The minimum absolute atomic E-state index is 0.292. The van der Waals surface area contributed by atoms with E-state index in [-0.39, 0.29) is 0 Å². The Labute approximate surface area is 192 Å². The van der Waals surface area contributed by atoms with Gasteiger partial charge in [0.25, 0.3) is 0 Å². The van der Waals surface area contributed by atoms with E-state index in [1.54, 1.807) is 52.3 Å². The van der Waals surface area contributed by atoms with Crippen molar-refractivity contribution in [2.75, 3.05) is 35.5 Å². The molecule has 0 spiro atoms. The van der Waals surface area contributed by atoms with Crippen LogP contribution in [0.2, 0.25) is 0 Å². The molecule has 1 aliphatic heterocycles. The molecule has 0 aliphatic carbocycles. The average molecular weight is 458 g/mol. The van der Waals surface area contributed by atoms with Crippen LogP contribution < -0.4 is 19.5 Å². The van der Waals surface area contributed by atoms with Gasteiger partial charge in [0.15, 0.2) is 17.5 Å². The molecule has 0 amide bonds. The summed E-state index contributed by atoms with van der Waals surface area (Å²) in [6.45, 7) is 2.09. The summed E-state index contributed by atoms with van der Waals surface area (Å²) >= 11 is 0. The van der Waals surface area contributed by atoms with Crippen molar-refractivity contribution in [2.24, 2.45) is 4.99 Å². The monoisotopic (exact) mass is 457 g/mol. The molecule has 0 radical (unpaired) electrons. The van der Waals surface area contributed by atoms with Gasteiger partial charge in [0, 0.05) is 12.7 Å². The number of nitrogens with one attached hydrogen (secondary N) is 1. The van der Waals surface area contributed by atoms with E-state index in [0.29, 0.717) is 46.6 Å². The number of hydrogen-bond acceptors (Lipinski definition) is 6. The molecule has 1 heterocycles. The number of guanidine groups is 1. The highest BCUT2D eigenvalue weighted by Gasteiger charge is 2.34. The van der Waals surface area contributed by atoms with Crippen molar-refractivity contribution >= 4 is 11.9 Å². The number of carbonyl (C=O) groups is 1. The molecule has 9 heteroatoms. The standard InChI is InChI=1S/C24H28FN3O5/c1-14-20(23(29)33-6)21(16-8-7-9-17(25)12-16)27-24(28(14)2)26-13-15-10-18(30-3)22(32-5)19(11-15)31-4/h7-12,21H,13H2,1-6H3,(H,26,27). The summed E-state index contributed by atoms with van der Waals surface area (Å²) in [5.74, 6) is 1.17. The zero-order chi connectivity index (χ0) is 24.1. The highest BCUT2D eigenvalue weighted by molar-refractivity contribution is 5.96. The van der Waals surface area contributed by atoms with Crippen LogP contribution >= 0.6 is 0 Å². The Morgan fingerprint density at radius 1 is 1.09 bits per heavy atom. The lowest BCUT2D eigenvalue weighted by Gasteiger charge is -2.36. The average Bonchev–Trinajstić information content (AvgIpc) is 2.83. The molecule has 2 aromatic carbocycles. The summed E-state index contributed by atoms with van der Waals surface area (Å²) < 4.78 is 35.1. The molecular formula is C24H28FN3O5. The molecule has 176 valence electrons. The number of aliphatic imine (C=N–C) groups is 1. The zero-order valence-corrected chi connectivity index (χ0v) is 19.6. The van der Waals surface area contributed by atoms with Crippen LogP contribution in [0, 0.1) is 5.82 Å². The van der Waals surface area contributed by atoms with E-state index in [0.717, 1.165) is 5.56 Å². The minimum Gasteiger partial charge on any atom is -0.493 e. The van der Waals surface area contributed by atoms with E-state index in [1.807, 2.05) is 12.1 Å².